The zero-order valence-corrected chi connectivity index (χ0v) is 13.3. The lowest BCUT2D eigenvalue weighted by Gasteiger charge is -2.02. The normalized spacial score (nSPS) is 12.5. The van der Waals surface area contributed by atoms with Crippen LogP contribution >= 0.6 is 11.6 Å². The molecular weight excluding hydrogens is 313 g/mol. The maximum atomic E-state index is 13.1. The van der Waals surface area contributed by atoms with Gasteiger partial charge in [-0.25, -0.2) is 4.39 Å². The highest BCUT2D eigenvalue weighted by Crippen LogP contribution is 2.20. The molecule has 0 radical (unpaired) electrons. The lowest BCUT2D eigenvalue weighted by molar-refractivity contribution is 0.458. The van der Waals surface area contributed by atoms with E-state index in [9.17, 15) is 8.60 Å². The molecule has 6 heteroatoms. The van der Waals surface area contributed by atoms with Crippen molar-refractivity contribution in [3.8, 4) is 0 Å². The minimum absolute atomic E-state index is 0.0234. The van der Waals surface area contributed by atoms with E-state index in [4.69, 9.17) is 16.0 Å². The quantitative estimate of drug-likeness (QED) is 0.784. The van der Waals surface area contributed by atoms with Crippen LogP contribution in [0.3, 0.4) is 0 Å². The third-order valence-corrected chi connectivity index (χ3v) is 4.49. The molecule has 2 aromatic rings. The maximum absolute atomic E-state index is 13.1. The molecule has 2 rings (SSSR count). The summed E-state index contributed by atoms with van der Waals surface area (Å²) < 4.78 is 30.9. The monoisotopic (exact) mass is 329 g/mol. The Kier molecular flexibility index (Phi) is 5.96. The van der Waals surface area contributed by atoms with E-state index >= 15 is 0 Å². The Labute approximate surface area is 131 Å². The summed E-state index contributed by atoms with van der Waals surface area (Å²) in [6.45, 7) is 3.68. The highest BCUT2D eigenvalue weighted by atomic mass is 35.5. The van der Waals surface area contributed by atoms with Gasteiger partial charge in [-0.1, -0.05) is 18.5 Å². The average Bonchev–Trinajstić information content (AvgIpc) is 2.89. The molecule has 21 heavy (non-hydrogen) atoms. The highest BCUT2D eigenvalue weighted by molar-refractivity contribution is 7.84. The van der Waals surface area contributed by atoms with Gasteiger partial charge < -0.3 is 9.73 Å². The molecule has 1 unspecified atom stereocenters. The van der Waals surface area contributed by atoms with Crippen LogP contribution in [-0.2, 0) is 23.1 Å². The summed E-state index contributed by atoms with van der Waals surface area (Å²) in [6, 6.07) is 7.76. The molecule has 0 amide bonds. The first-order valence-electron chi connectivity index (χ1n) is 6.72. The Bertz CT molecular complexity index is 630. The third kappa shape index (κ3) is 4.66. The smallest absolute Gasteiger partial charge is 0.141 e. The summed E-state index contributed by atoms with van der Waals surface area (Å²) >= 11 is 5.69. The van der Waals surface area contributed by atoms with Crippen LogP contribution in [0.1, 0.15) is 24.9 Å². The molecule has 1 atom stereocenters. The van der Waals surface area contributed by atoms with Gasteiger partial charge in [0.15, 0.2) is 0 Å². The SMILES string of the molecule is CCCNCc1ccc(CS(=O)c2ccc(F)c(Cl)c2)o1. The van der Waals surface area contributed by atoms with Crippen LogP contribution in [0.5, 0.6) is 0 Å². The molecule has 3 nitrogen and oxygen atoms in total. The Morgan fingerprint density at radius 1 is 1.29 bits per heavy atom. The molecule has 1 N–H and O–H groups in total. The number of benzene rings is 1. The van der Waals surface area contributed by atoms with E-state index < -0.39 is 16.6 Å². The second-order valence-corrected chi connectivity index (χ2v) is 6.47. The lowest BCUT2D eigenvalue weighted by atomic mass is 10.3. The number of nitrogens with one attached hydrogen (secondary N) is 1. The largest absolute Gasteiger partial charge is 0.464 e. The molecule has 0 aliphatic carbocycles. The number of halogens is 2. The molecule has 0 saturated carbocycles. The zero-order chi connectivity index (χ0) is 15.2. The van der Waals surface area contributed by atoms with Gasteiger partial charge in [-0.15, -0.1) is 0 Å². The third-order valence-electron chi connectivity index (χ3n) is 2.87. The minimum Gasteiger partial charge on any atom is -0.464 e. The van der Waals surface area contributed by atoms with Crippen molar-refractivity contribution in [2.24, 2.45) is 0 Å². The molecule has 1 aromatic carbocycles. The Hall–Kier alpha value is -1.17. The van der Waals surface area contributed by atoms with E-state index in [1.54, 1.807) is 0 Å². The topological polar surface area (TPSA) is 42.2 Å². The first-order valence-corrected chi connectivity index (χ1v) is 8.41. The average molecular weight is 330 g/mol. The van der Waals surface area contributed by atoms with E-state index in [1.165, 1.54) is 18.2 Å². The van der Waals surface area contributed by atoms with Crippen molar-refractivity contribution in [1.29, 1.82) is 0 Å². The summed E-state index contributed by atoms with van der Waals surface area (Å²) in [7, 11) is -1.31. The van der Waals surface area contributed by atoms with Crippen LogP contribution < -0.4 is 5.32 Å². The number of hydrogen-bond acceptors (Lipinski definition) is 3. The van der Waals surface area contributed by atoms with Gasteiger partial charge in [-0.3, -0.25) is 4.21 Å². The van der Waals surface area contributed by atoms with E-state index in [1.807, 2.05) is 12.1 Å². The van der Waals surface area contributed by atoms with Crippen molar-refractivity contribution in [1.82, 2.24) is 5.32 Å². The van der Waals surface area contributed by atoms with Crippen LogP contribution in [0.15, 0.2) is 39.6 Å². The van der Waals surface area contributed by atoms with Crippen molar-refractivity contribution in [2.75, 3.05) is 6.54 Å². The second-order valence-electron chi connectivity index (χ2n) is 4.61. The van der Waals surface area contributed by atoms with Crippen LogP contribution in [0.25, 0.3) is 0 Å². The van der Waals surface area contributed by atoms with Crippen LogP contribution in [0, 0.1) is 5.82 Å². The molecule has 0 saturated heterocycles. The Morgan fingerprint density at radius 2 is 2.05 bits per heavy atom. The summed E-state index contributed by atoms with van der Waals surface area (Å²) in [5.41, 5.74) is 0. The van der Waals surface area contributed by atoms with Crippen LogP contribution in [-0.4, -0.2) is 10.8 Å². The fraction of sp³-hybridized carbons (Fsp3) is 0.333. The molecule has 0 fully saturated rings. The van der Waals surface area contributed by atoms with Gasteiger partial charge in [-0.2, -0.15) is 0 Å². The molecule has 0 spiro atoms. The van der Waals surface area contributed by atoms with Crippen molar-refractivity contribution in [3.63, 3.8) is 0 Å². The van der Waals surface area contributed by atoms with Gasteiger partial charge >= 0.3 is 0 Å². The van der Waals surface area contributed by atoms with Crippen LogP contribution in [0.4, 0.5) is 4.39 Å². The van der Waals surface area contributed by atoms with E-state index in [0.29, 0.717) is 17.2 Å². The number of rotatable bonds is 7. The zero-order valence-electron chi connectivity index (χ0n) is 11.7. The van der Waals surface area contributed by atoms with Gasteiger partial charge in [0.25, 0.3) is 0 Å². The number of hydrogen-bond donors (Lipinski definition) is 1. The molecule has 0 aliphatic heterocycles. The van der Waals surface area contributed by atoms with E-state index in [-0.39, 0.29) is 10.8 Å². The van der Waals surface area contributed by atoms with Crippen LogP contribution in [0.2, 0.25) is 5.02 Å². The summed E-state index contributed by atoms with van der Waals surface area (Å²) in [4.78, 5) is 0.489. The second kappa shape index (κ2) is 7.73. The van der Waals surface area contributed by atoms with E-state index in [2.05, 4.69) is 12.2 Å². The predicted molar refractivity (Wildman–Crippen MR) is 82.2 cm³/mol. The Morgan fingerprint density at radius 3 is 2.76 bits per heavy atom. The van der Waals surface area contributed by atoms with Crippen molar-refractivity contribution in [3.05, 3.63) is 52.7 Å². The maximum Gasteiger partial charge on any atom is 0.141 e. The van der Waals surface area contributed by atoms with Gasteiger partial charge in [0, 0.05) is 4.90 Å². The van der Waals surface area contributed by atoms with Crippen molar-refractivity contribution >= 4 is 22.4 Å². The molecule has 1 heterocycles. The lowest BCUT2D eigenvalue weighted by Crippen LogP contribution is -2.13. The van der Waals surface area contributed by atoms with E-state index in [0.717, 1.165) is 18.7 Å². The molecular formula is C15H17ClFNO2S. The van der Waals surface area contributed by atoms with Gasteiger partial charge in [-0.05, 0) is 43.3 Å². The predicted octanol–water partition coefficient (Wildman–Crippen LogP) is 3.88. The minimum atomic E-state index is -1.31. The summed E-state index contributed by atoms with van der Waals surface area (Å²) in [6.07, 6.45) is 1.06. The summed E-state index contributed by atoms with van der Waals surface area (Å²) in [5.74, 6) is 1.19. The highest BCUT2D eigenvalue weighted by Gasteiger charge is 2.11. The molecule has 1 aromatic heterocycles. The molecule has 114 valence electrons. The molecule has 0 bridgehead atoms. The van der Waals surface area contributed by atoms with Gasteiger partial charge in [0.1, 0.15) is 17.3 Å². The van der Waals surface area contributed by atoms with Crippen molar-refractivity contribution in [2.45, 2.75) is 30.5 Å². The molecule has 0 aliphatic rings. The number of furan rings is 1. The Balaban J connectivity index is 1.97. The standard InChI is InChI=1S/C15H17ClFNO2S/c1-2-7-18-9-11-3-4-12(20-11)10-21(19)13-5-6-15(17)14(16)8-13/h3-6,8,18H,2,7,9-10H2,1H3. The van der Waals surface area contributed by atoms with Crippen molar-refractivity contribution < 1.29 is 13.0 Å². The first kappa shape index (κ1) is 16.2. The van der Waals surface area contributed by atoms with Gasteiger partial charge in [0.2, 0.25) is 0 Å². The fourth-order valence-electron chi connectivity index (χ4n) is 1.81. The fourth-order valence-corrected chi connectivity index (χ4v) is 3.11. The van der Waals surface area contributed by atoms with Gasteiger partial charge in [0.05, 0.1) is 28.1 Å². The summed E-state index contributed by atoms with van der Waals surface area (Å²) in [5, 5.41) is 3.21. The first-order chi connectivity index (χ1) is 10.1.